The van der Waals surface area contributed by atoms with Crippen LogP contribution in [-0.4, -0.2) is 6.54 Å². The van der Waals surface area contributed by atoms with E-state index in [9.17, 15) is 0 Å². The molecule has 1 atom stereocenters. The minimum Gasteiger partial charge on any atom is -0.358 e. The summed E-state index contributed by atoms with van der Waals surface area (Å²) in [6, 6.07) is 36.9. The molecule has 0 fully saturated rings. The molecule has 0 saturated heterocycles. The first-order valence-corrected chi connectivity index (χ1v) is 12.2. The Morgan fingerprint density at radius 3 is 2.18 bits per heavy atom. The summed E-state index contributed by atoms with van der Waals surface area (Å²) >= 11 is 0. The van der Waals surface area contributed by atoms with Gasteiger partial charge < -0.3 is 15.5 Å². The highest BCUT2D eigenvalue weighted by Gasteiger charge is 2.32. The van der Waals surface area contributed by atoms with Gasteiger partial charge in [-0.25, -0.2) is 0 Å². The Morgan fingerprint density at radius 2 is 1.35 bits per heavy atom. The van der Waals surface area contributed by atoms with E-state index in [4.69, 9.17) is 0 Å². The summed E-state index contributed by atoms with van der Waals surface area (Å²) in [6.07, 6.45) is 2.42. The van der Waals surface area contributed by atoms with Gasteiger partial charge >= 0.3 is 0 Å². The number of rotatable bonds is 6. The van der Waals surface area contributed by atoms with Gasteiger partial charge in [-0.1, -0.05) is 98.3 Å². The molecule has 168 valence electrons. The van der Waals surface area contributed by atoms with Crippen LogP contribution in [0, 0.1) is 0 Å². The summed E-state index contributed by atoms with van der Waals surface area (Å²) in [5, 5.41) is 12.7. The third-order valence-corrected chi connectivity index (χ3v) is 6.87. The average Bonchev–Trinajstić information content (AvgIpc) is 3.26. The summed E-state index contributed by atoms with van der Waals surface area (Å²) in [4.78, 5) is 2.54. The highest BCUT2D eigenvalue weighted by atomic mass is 15.3. The summed E-state index contributed by atoms with van der Waals surface area (Å²) < 4.78 is 0. The summed E-state index contributed by atoms with van der Waals surface area (Å²) in [5.41, 5.74) is 5.99. The highest BCUT2D eigenvalue weighted by Crippen LogP contribution is 2.47. The topological polar surface area (TPSA) is 27.3 Å². The molecule has 34 heavy (non-hydrogen) atoms. The van der Waals surface area contributed by atoms with Crippen LogP contribution in [0.15, 0.2) is 103 Å². The highest BCUT2D eigenvalue weighted by molar-refractivity contribution is 5.98. The normalized spacial score (nSPS) is 14.9. The van der Waals surface area contributed by atoms with Gasteiger partial charge in [0.2, 0.25) is 0 Å². The fraction of sp³-hybridized carbons (Fsp3) is 0.161. The van der Waals surface area contributed by atoms with Crippen molar-refractivity contribution >= 4 is 44.3 Å². The van der Waals surface area contributed by atoms with Gasteiger partial charge in [0.05, 0.1) is 17.1 Å². The largest absolute Gasteiger partial charge is 0.358 e. The molecule has 0 saturated carbocycles. The van der Waals surface area contributed by atoms with Gasteiger partial charge in [0.1, 0.15) is 6.17 Å². The lowest BCUT2D eigenvalue weighted by Gasteiger charge is -2.28. The van der Waals surface area contributed by atoms with Crippen LogP contribution < -0.4 is 15.5 Å². The lowest BCUT2D eigenvalue weighted by molar-refractivity contribution is 0.670. The quantitative estimate of drug-likeness (QED) is 0.276. The minimum absolute atomic E-state index is 0.100. The number of unbranched alkanes of at least 4 members (excludes halogenated alkanes) is 1. The fourth-order valence-corrected chi connectivity index (χ4v) is 5.18. The number of anilines is 4. The molecule has 0 aliphatic carbocycles. The molecule has 1 heterocycles. The molecule has 5 aromatic carbocycles. The number of hydrogen-bond acceptors (Lipinski definition) is 3. The predicted molar refractivity (Wildman–Crippen MR) is 146 cm³/mol. The Hall–Kier alpha value is -3.98. The third-order valence-electron chi connectivity index (χ3n) is 6.87. The minimum atomic E-state index is 0.100. The number of hydrogen-bond donors (Lipinski definition) is 2. The Bertz CT molecular complexity index is 1460. The van der Waals surface area contributed by atoms with Crippen molar-refractivity contribution in [2.45, 2.75) is 25.9 Å². The lowest BCUT2D eigenvalue weighted by Crippen LogP contribution is -2.29. The maximum Gasteiger partial charge on any atom is 0.126 e. The molecule has 0 bridgehead atoms. The van der Waals surface area contributed by atoms with Crippen LogP contribution in [0.4, 0.5) is 22.7 Å². The summed E-state index contributed by atoms with van der Waals surface area (Å²) in [6.45, 7) is 3.28. The first kappa shape index (κ1) is 20.6. The molecule has 6 rings (SSSR count). The van der Waals surface area contributed by atoms with Gasteiger partial charge in [-0.05, 0) is 40.8 Å². The maximum atomic E-state index is 3.90. The van der Waals surface area contributed by atoms with Crippen molar-refractivity contribution in [3.63, 3.8) is 0 Å². The molecule has 1 unspecified atom stereocenters. The van der Waals surface area contributed by atoms with Crippen molar-refractivity contribution in [3.05, 3.63) is 109 Å². The zero-order valence-corrected chi connectivity index (χ0v) is 19.5. The van der Waals surface area contributed by atoms with E-state index in [0.717, 1.165) is 24.3 Å². The molecule has 2 N–H and O–H groups in total. The molecule has 0 aromatic heterocycles. The van der Waals surface area contributed by atoms with Crippen LogP contribution in [-0.2, 0) is 0 Å². The van der Waals surface area contributed by atoms with Gasteiger partial charge in [-0.15, -0.1) is 0 Å². The maximum absolute atomic E-state index is 3.90. The molecule has 3 heteroatoms. The first-order chi connectivity index (χ1) is 16.8. The monoisotopic (exact) mass is 443 g/mol. The number of nitrogens with zero attached hydrogens (tertiary/aromatic N) is 1. The Labute approximate surface area is 201 Å². The van der Waals surface area contributed by atoms with E-state index in [0.29, 0.717) is 0 Å². The second kappa shape index (κ2) is 8.75. The molecule has 0 spiro atoms. The van der Waals surface area contributed by atoms with E-state index in [-0.39, 0.29) is 6.17 Å². The Balaban J connectivity index is 1.43. The van der Waals surface area contributed by atoms with E-state index in [2.05, 4.69) is 126 Å². The van der Waals surface area contributed by atoms with Crippen molar-refractivity contribution in [1.29, 1.82) is 0 Å². The fourth-order valence-electron chi connectivity index (χ4n) is 5.18. The molecular weight excluding hydrogens is 414 g/mol. The van der Waals surface area contributed by atoms with Crippen LogP contribution in [0.3, 0.4) is 0 Å². The predicted octanol–water partition coefficient (Wildman–Crippen LogP) is 8.47. The molecule has 3 nitrogen and oxygen atoms in total. The van der Waals surface area contributed by atoms with E-state index in [1.165, 1.54) is 44.9 Å². The van der Waals surface area contributed by atoms with Crippen LogP contribution in [0.1, 0.15) is 31.5 Å². The van der Waals surface area contributed by atoms with Crippen molar-refractivity contribution in [1.82, 2.24) is 0 Å². The van der Waals surface area contributed by atoms with E-state index in [1.54, 1.807) is 0 Å². The SMILES string of the molecule is CCCCN1c2cccc(Nc3cccc4ccccc34)c2NC1c1cccc2ccccc12. The zero-order valence-electron chi connectivity index (χ0n) is 19.5. The number of para-hydroxylation sites is 1. The van der Waals surface area contributed by atoms with E-state index in [1.807, 2.05) is 0 Å². The van der Waals surface area contributed by atoms with Crippen LogP contribution in [0.2, 0.25) is 0 Å². The van der Waals surface area contributed by atoms with Crippen molar-refractivity contribution in [2.24, 2.45) is 0 Å². The summed E-state index contributed by atoms with van der Waals surface area (Å²) in [7, 11) is 0. The first-order valence-electron chi connectivity index (χ1n) is 12.2. The van der Waals surface area contributed by atoms with Gasteiger partial charge in [-0.3, -0.25) is 0 Å². The number of benzene rings is 5. The second-order valence-corrected chi connectivity index (χ2v) is 9.01. The van der Waals surface area contributed by atoms with Crippen molar-refractivity contribution in [2.75, 3.05) is 22.1 Å². The summed E-state index contributed by atoms with van der Waals surface area (Å²) in [5.74, 6) is 0. The second-order valence-electron chi connectivity index (χ2n) is 9.01. The lowest BCUT2D eigenvalue weighted by atomic mass is 10.0. The molecule has 1 aliphatic heterocycles. The van der Waals surface area contributed by atoms with Crippen LogP contribution in [0.5, 0.6) is 0 Å². The van der Waals surface area contributed by atoms with Crippen molar-refractivity contribution < 1.29 is 0 Å². The third kappa shape index (κ3) is 3.54. The Kier molecular flexibility index (Phi) is 5.31. The standard InChI is InChI=1S/C31H29N3/c1-2-3-21-34-29-20-10-19-28(32-27-18-9-14-23-12-5-7-16-25(23)27)30(29)33-31(34)26-17-8-13-22-11-4-6-15-24(22)26/h4-20,31-33H,2-3,21H2,1H3. The van der Waals surface area contributed by atoms with Crippen LogP contribution in [0.25, 0.3) is 21.5 Å². The van der Waals surface area contributed by atoms with E-state index >= 15 is 0 Å². The molecule has 0 amide bonds. The van der Waals surface area contributed by atoms with E-state index < -0.39 is 0 Å². The van der Waals surface area contributed by atoms with Crippen LogP contribution >= 0.6 is 0 Å². The Morgan fingerprint density at radius 1 is 0.706 bits per heavy atom. The smallest absolute Gasteiger partial charge is 0.126 e. The number of nitrogens with one attached hydrogen (secondary N) is 2. The molecule has 1 aliphatic rings. The van der Waals surface area contributed by atoms with Gasteiger partial charge in [0.25, 0.3) is 0 Å². The van der Waals surface area contributed by atoms with Gasteiger partial charge in [-0.2, -0.15) is 0 Å². The van der Waals surface area contributed by atoms with Gasteiger partial charge in [0.15, 0.2) is 0 Å². The molecule has 5 aromatic rings. The van der Waals surface area contributed by atoms with Gasteiger partial charge in [0, 0.05) is 23.2 Å². The van der Waals surface area contributed by atoms with Crippen molar-refractivity contribution in [3.8, 4) is 0 Å². The average molecular weight is 444 g/mol. The number of fused-ring (bicyclic) bond motifs is 3. The molecular formula is C31H29N3. The molecule has 0 radical (unpaired) electrons. The zero-order chi connectivity index (χ0) is 22.9.